The zero-order valence-corrected chi connectivity index (χ0v) is 13.2. The van der Waals surface area contributed by atoms with E-state index in [1.54, 1.807) is 7.11 Å². The Kier molecular flexibility index (Phi) is 9.73. The summed E-state index contributed by atoms with van der Waals surface area (Å²) in [5, 5.41) is 0. The van der Waals surface area contributed by atoms with E-state index < -0.39 is 0 Å². The van der Waals surface area contributed by atoms with Crippen LogP contribution in [-0.2, 0) is 14.2 Å². The van der Waals surface area contributed by atoms with Gasteiger partial charge >= 0.3 is 0 Å². The lowest BCUT2D eigenvalue weighted by Crippen LogP contribution is -2.10. The molecule has 0 bridgehead atoms. The molecule has 6 heteroatoms. The molecule has 118 valence electrons. The molecule has 0 heterocycles. The molecule has 0 amide bonds. The van der Waals surface area contributed by atoms with Gasteiger partial charge in [0.15, 0.2) is 0 Å². The Morgan fingerprint density at radius 1 is 0.952 bits per heavy atom. The van der Waals surface area contributed by atoms with Gasteiger partial charge in [-0.3, -0.25) is 0 Å². The average molecular weight is 313 g/mol. The molecule has 0 aromatic heterocycles. The second kappa shape index (κ2) is 11.4. The van der Waals surface area contributed by atoms with Crippen molar-refractivity contribution in [2.75, 3.05) is 46.8 Å². The molecule has 0 atom stereocenters. The molecule has 0 saturated carbocycles. The fourth-order valence-corrected chi connectivity index (χ4v) is 1.67. The predicted molar refractivity (Wildman–Crippen MR) is 86.0 cm³/mol. The van der Waals surface area contributed by atoms with Gasteiger partial charge in [0.25, 0.3) is 0 Å². The van der Waals surface area contributed by atoms with E-state index >= 15 is 0 Å². The lowest BCUT2D eigenvalue weighted by molar-refractivity contribution is 0.0224. The fourth-order valence-electron chi connectivity index (χ4n) is 1.53. The van der Waals surface area contributed by atoms with E-state index in [-0.39, 0.29) is 0 Å². The van der Waals surface area contributed by atoms with Crippen LogP contribution in [0.5, 0.6) is 5.75 Å². The molecule has 0 aliphatic heterocycles. The SMILES string of the molecule is COCCOCCOCCCOc1ccc(C(N)=S)cc1. The van der Waals surface area contributed by atoms with Crippen molar-refractivity contribution in [3.8, 4) is 5.75 Å². The lowest BCUT2D eigenvalue weighted by atomic mass is 10.2. The summed E-state index contributed by atoms with van der Waals surface area (Å²) in [5.74, 6) is 0.804. The number of rotatable bonds is 12. The van der Waals surface area contributed by atoms with E-state index in [4.69, 9.17) is 36.9 Å². The van der Waals surface area contributed by atoms with Gasteiger partial charge in [-0.1, -0.05) is 12.2 Å². The van der Waals surface area contributed by atoms with Crippen molar-refractivity contribution in [2.45, 2.75) is 6.42 Å². The van der Waals surface area contributed by atoms with Crippen molar-refractivity contribution in [1.82, 2.24) is 0 Å². The first-order chi connectivity index (χ1) is 10.2. The van der Waals surface area contributed by atoms with Crippen LogP contribution in [0.15, 0.2) is 24.3 Å². The molecule has 0 radical (unpaired) electrons. The monoisotopic (exact) mass is 313 g/mol. The minimum absolute atomic E-state index is 0.391. The Balaban J connectivity index is 1.98. The van der Waals surface area contributed by atoms with Crippen LogP contribution in [0.3, 0.4) is 0 Å². The molecule has 5 nitrogen and oxygen atoms in total. The van der Waals surface area contributed by atoms with Gasteiger partial charge in [-0.05, 0) is 24.3 Å². The molecule has 0 saturated heterocycles. The Bertz CT molecular complexity index is 397. The number of nitrogens with two attached hydrogens (primary N) is 1. The van der Waals surface area contributed by atoms with E-state index in [2.05, 4.69) is 0 Å². The molecule has 0 aliphatic carbocycles. The summed E-state index contributed by atoms with van der Waals surface area (Å²) in [6, 6.07) is 7.43. The minimum Gasteiger partial charge on any atom is -0.494 e. The smallest absolute Gasteiger partial charge is 0.119 e. The number of benzene rings is 1. The van der Waals surface area contributed by atoms with Gasteiger partial charge < -0.3 is 24.7 Å². The quantitative estimate of drug-likeness (QED) is 0.469. The Morgan fingerprint density at radius 3 is 2.19 bits per heavy atom. The first-order valence-electron chi connectivity index (χ1n) is 6.91. The van der Waals surface area contributed by atoms with E-state index in [0.29, 0.717) is 44.6 Å². The van der Waals surface area contributed by atoms with Crippen molar-refractivity contribution < 1.29 is 18.9 Å². The van der Waals surface area contributed by atoms with Crippen LogP contribution in [0.1, 0.15) is 12.0 Å². The van der Waals surface area contributed by atoms with Crippen molar-refractivity contribution in [3.63, 3.8) is 0 Å². The predicted octanol–water partition coefficient (Wildman–Crippen LogP) is 1.77. The standard InChI is InChI=1S/C15H23NO4S/c1-17-9-10-19-12-11-18-7-2-8-20-14-5-3-13(4-6-14)15(16)21/h3-6H,2,7-12H2,1H3,(H2,16,21). The topological polar surface area (TPSA) is 62.9 Å². The zero-order chi connectivity index (χ0) is 15.3. The largest absolute Gasteiger partial charge is 0.494 e. The Hall–Kier alpha value is -1.21. The second-order valence-electron chi connectivity index (χ2n) is 4.31. The molecule has 0 unspecified atom stereocenters. The molecule has 0 aliphatic rings. The second-order valence-corrected chi connectivity index (χ2v) is 4.75. The highest BCUT2D eigenvalue weighted by atomic mass is 32.1. The molecule has 2 N–H and O–H groups in total. The fraction of sp³-hybridized carbons (Fsp3) is 0.533. The summed E-state index contributed by atoms with van der Waals surface area (Å²) in [6.07, 6.45) is 0.828. The zero-order valence-electron chi connectivity index (χ0n) is 12.4. The normalized spacial score (nSPS) is 10.5. The summed E-state index contributed by atoms with van der Waals surface area (Å²) in [6.45, 7) is 3.65. The van der Waals surface area contributed by atoms with Crippen LogP contribution in [-0.4, -0.2) is 51.7 Å². The summed E-state index contributed by atoms with van der Waals surface area (Å²) in [5.41, 5.74) is 6.37. The highest BCUT2D eigenvalue weighted by Crippen LogP contribution is 2.12. The van der Waals surface area contributed by atoms with Gasteiger partial charge in [0.1, 0.15) is 10.7 Å². The summed E-state index contributed by atoms with van der Waals surface area (Å²) in [4.78, 5) is 0.391. The maximum Gasteiger partial charge on any atom is 0.119 e. The van der Waals surface area contributed by atoms with Crippen molar-refractivity contribution in [2.24, 2.45) is 5.73 Å². The maximum absolute atomic E-state index is 5.59. The third-order valence-electron chi connectivity index (χ3n) is 2.64. The van der Waals surface area contributed by atoms with E-state index in [1.165, 1.54) is 0 Å². The molecule has 1 aromatic carbocycles. The number of hydrogen-bond donors (Lipinski definition) is 1. The van der Waals surface area contributed by atoms with Crippen LogP contribution in [0.2, 0.25) is 0 Å². The lowest BCUT2D eigenvalue weighted by Gasteiger charge is -2.08. The van der Waals surface area contributed by atoms with Crippen LogP contribution in [0.25, 0.3) is 0 Å². The molecule has 0 fully saturated rings. The van der Waals surface area contributed by atoms with Gasteiger partial charge in [0, 0.05) is 25.7 Å². The minimum atomic E-state index is 0.391. The molecular formula is C15H23NO4S. The van der Waals surface area contributed by atoms with Crippen LogP contribution < -0.4 is 10.5 Å². The van der Waals surface area contributed by atoms with E-state index in [9.17, 15) is 0 Å². The molecule has 21 heavy (non-hydrogen) atoms. The van der Waals surface area contributed by atoms with Crippen LogP contribution >= 0.6 is 12.2 Å². The highest BCUT2D eigenvalue weighted by molar-refractivity contribution is 7.80. The van der Waals surface area contributed by atoms with Crippen molar-refractivity contribution in [1.29, 1.82) is 0 Å². The summed E-state index contributed by atoms with van der Waals surface area (Å²) in [7, 11) is 1.65. The first-order valence-corrected chi connectivity index (χ1v) is 7.32. The van der Waals surface area contributed by atoms with E-state index in [1.807, 2.05) is 24.3 Å². The van der Waals surface area contributed by atoms with E-state index in [0.717, 1.165) is 17.7 Å². The van der Waals surface area contributed by atoms with Crippen LogP contribution in [0.4, 0.5) is 0 Å². The Labute approximate surface area is 131 Å². The van der Waals surface area contributed by atoms with Gasteiger partial charge in [-0.15, -0.1) is 0 Å². The Morgan fingerprint density at radius 2 is 1.57 bits per heavy atom. The summed E-state index contributed by atoms with van der Waals surface area (Å²) >= 11 is 4.89. The van der Waals surface area contributed by atoms with Crippen LogP contribution in [0, 0.1) is 0 Å². The number of hydrogen-bond acceptors (Lipinski definition) is 5. The van der Waals surface area contributed by atoms with Gasteiger partial charge in [-0.2, -0.15) is 0 Å². The molecule has 1 rings (SSSR count). The molecule has 0 spiro atoms. The van der Waals surface area contributed by atoms with Gasteiger partial charge in [0.05, 0.1) is 33.0 Å². The molecular weight excluding hydrogens is 290 g/mol. The van der Waals surface area contributed by atoms with Gasteiger partial charge in [-0.25, -0.2) is 0 Å². The first kappa shape index (κ1) is 17.8. The number of methoxy groups -OCH3 is 1. The average Bonchev–Trinajstić information content (AvgIpc) is 2.49. The third-order valence-corrected chi connectivity index (χ3v) is 2.88. The third kappa shape index (κ3) is 8.62. The number of thiocarbonyl (C=S) groups is 1. The van der Waals surface area contributed by atoms with Crippen molar-refractivity contribution >= 4 is 17.2 Å². The van der Waals surface area contributed by atoms with Crippen molar-refractivity contribution in [3.05, 3.63) is 29.8 Å². The van der Waals surface area contributed by atoms with Gasteiger partial charge in [0.2, 0.25) is 0 Å². The molecule has 1 aromatic rings. The number of ether oxygens (including phenoxy) is 4. The summed E-state index contributed by atoms with van der Waals surface area (Å²) < 4.78 is 21.2. The highest BCUT2D eigenvalue weighted by Gasteiger charge is 1.98. The maximum atomic E-state index is 5.59.